The lowest BCUT2D eigenvalue weighted by Gasteiger charge is -2.41. The topological polar surface area (TPSA) is 96.9 Å². The normalized spacial score (nSPS) is 16.5. The molecule has 0 bridgehead atoms. The summed E-state index contributed by atoms with van der Waals surface area (Å²) in [6.45, 7) is 1.80. The fraction of sp³-hybridized carbons (Fsp3) is 0.833. The van der Waals surface area contributed by atoms with E-state index < -0.39 is 11.5 Å². The first-order valence-electron chi connectivity index (χ1n) is 6.42. The highest BCUT2D eigenvalue weighted by Gasteiger charge is 2.40. The van der Waals surface area contributed by atoms with Gasteiger partial charge in [-0.1, -0.05) is 0 Å². The van der Waals surface area contributed by atoms with Crippen molar-refractivity contribution in [2.45, 2.75) is 31.2 Å². The van der Waals surface area contributed by atoms with Gasteiger partial charge in [-0.15, -0.1) is 0 Å². The predicted molar refractivity (Wildman–Crippen MR) is 68.1 cm³/mol. The Morgan fingerprint density at radius 3 is 2.53 bits per heavy atom. The van der Waals surface area contributed by atoms with Gasteiger partial charge < -0.3 is 25.2 Å². The molecule has 1 saturated carbocycles. The summed E-state index contributed by atoms with van der Waals surface area (Å²) < 4.78 is 10.0. The highest BCUT2D eigenvalue weighted by molar-refractivity contribution is 5.77. The SMILES string of the molecule is COCCOCCNC(=O)NC1(CC(=O)O)CCC1. The molecule has 3 N–H and O–H groups in total. The molecule has 1 aliphatic rings. The van der Waals surface area contributed by atoms with Crippen LogP contribution in [0.5, 0.6) is 0 Å². The molecule has 1 aliphatic carbocycles. The molecule has 19 heavy (non-hydrogen) atoms. The monoisotopic (exact) mass is 274 g/mol. The molecule has 0 heterocycles. The Hall–Kier alpha value is -1.34. The minimum atomic E-state index is -0.886. The van der Waals surface area contributed by atoms with E-state index in [1.165, 1.54) is 0 Å². The third kappa shape index (κ3) is 5.89. The molecule has 1 rings (SSSR count). The number of methoxy groups -OCH3 is 1. The molecule has 0 saturated heterocycles. The van der Waals surface area contributed by atoms with E-state index in [9.17, 15) is 9.59 Å². The number of carbonyl (C=O) groups is 2. The minimum absolute atomic E-state index is 0.0231. The van der Waals surface area contributed by atoms with Crippen LogP contribution in [0.2, 0.25) is 0 Å². The first-order chi connectivity index (χ1) is 9.08. The molecule has 0 atom stereocenters. The Labute approximate surface area is 112 Å². The summed E-state index contributed by atoms with van der Waals surface area (Å²) in [4.78, 5) is 22.4. The van der Waals surface area contributed by atoms with Crippen LogP contribution in [-0.4, -0.2) is 56.1 Å². The Morgan fingerprint density at radius 2 is 2.00 bits per heavy atom. The van der Waals surface area contributed by atoms with Crippen LogP contribution in [0.3, 0.4) is 0 Å². The van der Waals surface area contributed by atoms with Crippen molar-refractivity contribution in [1.82, 2.24) is 10.6 Å². The van der Waals surface area contributed by atoms with Crippen molar-refractivity contribution in [2.75, 3.05) is 33.5 Å². The fourth-order valence-electron chi connectivity index (χ4n) is 2.01. The maximum Gasteiger partial charge on any atom is 0.315 e. The third-order valence-electron chi connectivity index (χ3n) is 3.14. The number of carbonyl (C=O) groups excluding carboxylic acids is 1. The number of nitrogens with one attached hydrogen (secondary N) is 2. The van der Waals surface area contributed by atoms with Gasteiger partial charge in [0.2, 0.25) is 0 Å². The van der Waals surface area contributed by atoms with Crippen LogP contribution < -0.4 is 10.6 Å². The molecule has 0 aromatic carbocycles. The maximum atomic E-state index is 11.6. The van der Waals surface area contributed by atoms with E-state index in [0.717, 1.165) is 19.3 Å². The lowest BCUT2D eigenvalue weighted by Crippen LogP contribution is -2.57. The molecule has 1 fully saturated rings. The Kier molecular flexibility index (Phi) is 6.58. The number of carboxylic acids is 1. The smallest absolute Gasteiger partial charge is 0.315 e. The molecule has 0 aromatic heterocycles. The van der Waals surface area contributed by atoms with Crippen molar-refractivity contribution in [3.05, 3.63) is 0 Å². The summed E-state index contributed by atoms with van der Waals surface area (Å²) in [6, 6.07) is -0.337. The van der Waals surface area contributed by atoms with Crippen LogP contribution in [0.1, 0.15) is 25.7 Å². The van der Waals surface area contributed by atoms with Crippen LogP contribution in [0, 0.1) is 0 Å². The van der Waals surface area contributed by atoms with Gasteiger partial charge in [0.1, 0.15) is 0 Å². The highest BCUT2D eigenvalue weighted by Crippen LogP contribution is 2.34. The third-order valence-corrected chi connectivity index (χ3v) is 3.14. The predicted octanol–water partition coefficient (Wildman–Crippen LogP) is 0.346. The number of ether oxygens (including phenoxy) is 2. The van der Waals surface area contributed by atoms with E-state index in [2.05, 4.69) is 10.6 Å². The van der Waals surface area contributed by atoms with Gasteiger partial charge in [-0.3, -0.25) is 4.79 Å². The average molecular weight is 274 g/mol. The standard InChI is InChI=1S/C12H22N2O5/c1-18-7-8-19-6-5-13-11(17)14-12(3-2-4-12)9-10(15)16/h2-9H2,1H3,(H,15,16)(H2,13,14,17). The summed E-state index contributed by atoms with van der Waals surface area (Å²) in [5.41, 5.74) is -0.563. The second-order valence-corrected chi connectivity index (χ2v) is 4.69. The van der Waals surface area contributed by atoms with E-state index >= 15 is 0 Å². The quantitative estimate of drug-likeness (QED) is 0.527. The lowest BCUT2D eigenvalue weighted by molar-refractivity contribution is -0.139. The summed E-state index contributed by atoms with van der Waals surface area (Å²) in [5, 5.41) is 14.2. The first-order valence-corrected chi connectivity index (χ1v) is 6.42. The summed E-state index contributed by atoms with van der Waals surface area (Å²) in [5.74, 6) is -0.886. The van der Waals surface area contributed by atoms with Crippen molar-refractivity contribution < 1.29 is 24.2 Å². The van der Waals surface area contributed by atoms with Crippen molar-refractivity contribution in [1.29, 1.82) is 0 Å². The zero-order valence-electron chi connectivity index (χ0n) is 11.2. The van der Waals surface area contributed by atoms with Crippen molar-refractivity contribution >= 4 is 12.0 Å². The second-order valence-electron chi connectivity index (χ2n) is 4.69. The number of aliphatic carboxylic acids is 1. The van der Waals surface area contributed by atoms with Gasteiger partial charge in [-0.25, -0.2) is 4.79 Å². The van der Waals surface area contributed by atoms with E-state index in [0.29, 0.717) is 26.4 Å². The van der Waals surface area contributed by atoms with E-state index in [1.807, 2.05) is 0 Å². The molecule has 0 spiro atoms. The lowest BCUT2D eigenvalue weighted by atomic mass is 9.74. The largest absolute Gasteiger partial charge is 0.481 e. The highest BCUT2D eigenvalue weighted by atomic mass is 16.5. The molecule has 7 heteroatoms. The number of hydrogen-bond donors (Lipinski definition) is 3. The fourth-order valence-corrected chi connectivity index (χ4v) is 2.01. The Bertz CT molecular complexity index is 304. The van der Waals surface area contributed by atoms with Gasteiger partial charge in [0.05, 0.1) is 31.8 Å². The van der Waals surface area contributed by atoms with Crippen LogP contribution in [-0.2, 0) is 14.3 Å². The number of amides is 2. The van der Waals surface area contributed by atoms with Crippen LogP contribution in [0.4, 0.5) is 4.79 Å². The van der Waals surface area contributed by atoms with Crippen LogP contribution in [0.25, 0.3) is 0 Å². The molecule has 7 nitrogen and oxygen atoms in total. The zero-order valence-corrected chi connectivity index (χ0v) is 11.2. The molecule has 0 unspecified atom stereocenters. The van der Waals surface area contributed by atoms with Gasteiger partial charge >= 0.3 is 12.0 Å². The molecule has 0 aliphatic heterocycles. The van der Waals surface area contributed by atoms with E-state index in [-0.39, 0.29) is 12.5 Å². The van der Waals surface area contributed by atoms with Crippen LogP contribution in [0.15, 0.2) is 0 Å². The first kappa shape index (κ1) is 15.7. The van der Waals surface area contributed by atoms with Crippen molar-refractivity contribution in [3.8, 4) is 0 Å². The molecular weight excluding hydrogens is 252 g/mol. The van der Waals surface area contributed by atoms with Gasteiger partial charge in [0.15, 0.2) is 0 Å². The van der Waals surface area contributed by atoms with Gasteiger partial charge in [-0.2, -0.15) is 0 Å². The molecule has 0 aromatic rings. The molecular formula is C12H22N2O5. The van der Waals surface area contributed by atoms with Crippen molar-refractivity contribution in [2.24, 2.45) is 0 Å². The molecule has 110 valence electrons. The van der Waals surface area contributed by atoms with Gasteiger partial charge in [0.25, 0.3) is 0 Å². The average Bonchev–Trinajstić information content (AvgIpc) is 2.30. The number of carboxylic acid groups (broad SMARTS) is 1. The number of urea groups is 1. The van der Waals surface area contributed by atoms with Gasteiger partial charge in [0, 0.05) is 13.7 Å². The molecule has 0 radical (unpaired) electrons. The van der Waals surface area contributed by atoms with Crippen LogP contribution >= 0.6 is 0 Å². The minimum Gasteiger partial charge on any atom is -0.481 e. The van der Waals surface area contributed by atoms with Crippen molar-refractivity contribution in [3.63, 3.8) is 0 Å². The van der Waals surface area contributed by atoms with E-state index in [4.69, 9.17) is 14.6 Å². The number of rotatable bonds is 9. The molecule has 2 amide bonds. The number of hydrogen-bond acceptors (Lipinski definition) is 4. The Balaban J connectivity index is 2.14. The zero-order chi connectivity index (χ0) is 14.1. The van der Waals surface area contributed by atoms with E-state index in [1.54, 1.807) is 7.11 Å². The second kappa shape index (κ2) is 7.96. The summed E-state index contributed by atoms with van der Waals surface area (Å²) in [6.07, 6.45) is 2.37. The van der Waals surface area contributed by atoms with Gasteiger partial charge in [-0.05, 0) is 19.3 Å². The summed E-state index contributed by atoms with van der Waals surface area (Å²) >= 11 is 0. The maximum absolute atomic E-state index is 11.6. The Morgan fingerprint density at radius 1 is 1.26 bits per heavy atom. The summed E-state index contributed by atoms with van der Waals surface area (Å²) in [7, 11) is 1.59.